The third-order valence-corrected chi connectivity index (χ3v) is 3.70. The maximum Gasteiger partial charge on any atom is 0.126 e. The van der Waals surface area contributed by atoms with Crippen molar-refractivity contribution in [2.24, 2.45) is 0 Å². The van der Waals surface area contributed by atoms with E-state index in [-0.39, 0.29) is 11.2 Å². The highest BCUT2D eigenvalue weighted by molar-refractivity contribution is 7.80. The Bertz CT molecular complexity index is 404. The van der Waals surface area contributed by atoms with Gasteiger partial charge in [0.15, 0.2) is 0 Å². The van der Waals surface area contributed by atoms with Crippen molar-refractivity contribution in [1.29, 1.82) is 0 Å². The number of rotatable bonds is 3. The topological polar surface area (TPSA) is 9.23 Å². The lowest BCUT2D eigenvalue weighted by Crippen LogP contribution is -2.47. The van der Waals surface area contributed by atoms with E-state index in [0.29, 0.717) is 23.8 Å². The van der Waals surface area contributed by atoms with Crippen LogP contribution in [0.1, 0.15) is 17.5 Å². The molecule has 1 saturated heterocycles. The fourth-order valence-electron chi connectivity index (χ4n) is 2.05. The Hall–Kier alpha value is -0.250. The van der Waals surface area contributed by atoms with E-state index < -0.39 is 0 Å². The van der Waals surface area contributed by atoms with Gasteiger partial charge in [-0.05, 0) is 42.4 Å². The summed E-state index contributed by atoms with van der Waals surface area (Å²) in [4.78, 5) is 0. The van der Waals surface area contributed by atoms with Crippen LogP contribution in [0.25, 0.3) is 0 Å². The molecule has 2 rings (SSSR count). The quantitative estimate of drug-likeness (QED) is 0.820. The van der Waals surface area contributed by atoms with Gasteiger partial charge in [-0.3, -0.25) is 0 Å². The molecule has 16 heavy (non-hydrogen) atoms. The molecule has 4 heteroatoms. The van der Waals surface area contributed by atoms with Gasteiger partial charge in [-0.15, -0.1) is 0 Å². The summed E-state index contributed by atoms with van der Waals surface area (Å²) in [6.45, 7) is 2.93. The third-order valence-electron chi connectivity index (χ3n) is 3.17. The zero-order valence-corrected chi connectivity index (χ0v) is 10.7. The molecule has 0 bridgehead atoms. The lowest BCUT2D eigenvalue weighted by atomic mass is 9.76. The number of thiol groups is 1. The van der Waals surface area contributed by atoms with E-state index in [9.17, 15) is 4.39 Å². The van der Waals surface area contributed by atoms with Crippen LogP contribution in [0.15, 0.2) is 12.1 Å². The maximum atomic E-state index is 13.6. The van der Waals surface area contributed by atoms with Crippen molar-refractivity contribution in [1.82, 2.24) is 0 Å². The predicted octanol–water partition coefficient (Wildman–Crippen LogP) is 3.38. The molecule has 1 nitrogen and oxygen atoms in total. The summed E-state index contributed by atoms with van der Waals surface area (Å²) in [6, 6.07) is 3.23. The fourth-order valence-corrected chi connectivity index (χ4v) is 2.90. The molecule has 0 radical (unpaired) electrons. The van der Waals surface area contributed by atoms with Gasteiger partial charge in [0, 0.05) is 10.4 Å². The van der Waals surface area contributed by atoms with Gasteiger partial charge < -0.3 is 4.74 Å². The molecule has 1 heterocycles. The van der Waals surface area contributed by atoms with Crippen molar-refractivity contribution in [2.45, 2.75) is 18.8 Å². The normalized spacial score (nSPS) is 18.2. The SMILES string of the molecule is Cc1cc(Cl)c(C2(CCS)COC2)cc1F. The molecule has 0 amide bonds. The first-order valence-electron chi connectivity index (χ1n) is 5.24. The van der Waals surface area contributed by atoms with Crippen LogP contribution >= 0.6 is 24.2 Å². The molecule has 0 spiro atoms. The molecule has 1 aliphatic rings. The van der Waals surface area contributed by atoms with E-state index in [1.54, 1.807) is 19.1 Å². The molecule has 0 N–H and O–H groups in total. The number of aryl methyl sites for hydroxylation is 1. The number of hydrogen-bond donors (Lipinski definition) is 1. The van der Waals surface area contributed by atoms with Crippen molar-refractivity contribution >= 4 is 24.2 Å². The standard InChI is InChI=1S/C12H14ClFOS/c1-8-4-10(13)9(5-11(8)14)12(2-3-16)6-15-7-12/h4-5,16H,2-3,6-7H2,1H3. The zero-order valence-electron chi connectivity index (χ0n) is 9.09. The minimum absolute atomic E-state index is 0.132. The maximum absolute atomic E-state index is 13.6. The Morgan fingerprint density at radius 3 is 2.69 bits per heavy atom. The van der Waals surface area contributed by atoms with Gasteiger partial charge in [0.05, 0.1) is 13.2 Å². The largest absolute Gasteiger partial charge is 0.379 e. The highest BCUT2D eigenvalue weighted by atomic mass is 35.5. The Morgan fingerprint density at radius 1 is 1.50 bits per heavy atom. The van der Waals surface area contributed by atoms with E-state index in [0.717, 1.165) is 17.7 Å². The lowest BCUT2D eigenvalue weighted by Gasteiger charge is -2.42. The van der Waals surface area contributed by atoms with Crippen molar-refractivity contribution in [3.05, 3.63) is 34.1 Å². The van der Waals surface area contributed by atoms with Crippen LogP contribution in [0, 0.1) is 12.7 Å². The molecule has 0 unspecified atom stereocenters. The smallest absolute Gasteiger partial charge is 0.126 e. The van der Waals surface area contributed by atoms with Gasteiger partial charge in [-0.25, -0.2) is 4.39 Å². The Kier molecular flexibility index (Phi) is 3.48. The second-order valence-corrected chi connectivity index (χ2v) is 5.18. The lowest BCUT2D eigenvalue weighted by molar-refractivity contribution is -0.0614. The van der Waals surface area contributed by atoms with Crippen LogP contribution in [0.3, 0.4) is 0 Å². The third kappa shape index (κ3) is 1.96. The Morgan fingerprint density at radius 2 is 2.19 bits per heavy atom. The molecule has 1 aromatic rings. The molecular weight excluding hydrogens is 247 g/mol. The Balaban J connectivity index is 2.42. The van der Waals surface area contributed by atoms with E-state index in [4.69, 9.17) is 16.3 Å². The van der Waals surface area contributed by atoms with Crippen molar-refractivity contribution < 1.29 is 9.13 Å². The molecule has 88 valence electrons. The van der Waals surface area contributed by atoms with Crippen LogP contribution in [0.5, 0.6) is 0 Å². The first-order valence-corrected chi connectivity index (χ1v) is 6.25. The average Bonchev–Trinajstić information content (AvgIpc) is 2.18. The van der Waals surface area contributed by atoms with Crippen LogP contribution in [0.4, 0.5) is 4.39 Å². The molecule has 0 saturated carbocycles. The highest BCUT2D eigenvalue weighted by Gasteiger charge is 2.41. The van der Waals surface area contributed by atoms with Gasteiger partial charge in [-0.2, -0.15) is 12.6 Å². The van der Waals surface area contributed by atoms with Gasteiger partial charge in [0.25, 0.3) is 0 Å². The monoisotopic (exact) mass is 260 g/mol. The summed E-state index contributed by atoms with van der Waals surface area (Å²) in [7, 11) is 0. The second-order valence-electron chi connectivity index (χ2n) is 4.33. The second kappa shape index (κ2) is 4.55. The first-order chi connectivity index (χ1) is 7.59. The van der Waals surface area contributed by atoms with Gasteiger partial charge in [0.2, 0.25) is 0 Å². The molecule has 0 atom stereocenters. The van der Waals surface area contributed by atoms with Gasteiger partial charge in [-0.1, -0.05) is 11.6 Å². The summed E-state index contributed by atoms with van der Waals surface area (Å²) >= 11 is 10.4. The highest BCUT2D eigenvalue weighted by Crippen LogP contribution is 2.40. The molecule has 1 fully saturated rings. The number of halogens is 2. The van der Waals surface area contributed by atoms with Crippen LogP contribution in [0.2, 0.25) is 5.02 Å². The van der Waals surface area contributed by atoms with Crippen LogP contribution in [-0.4, -0.2) is 19.0 Å². The molecular formula is C12H14ClFOS. The van der Waals surface area contributed by atoms with Crippen molar-refractivity contribution in [3.8, 4) is 0 Å². The van der Waals surface area contributed by atoms with E-state index in [1.807, 2.05) is 0 Å². The van der Waals surface area contributed by atoms with Crippen LogP contribution in [-0.2, 0) is 10.2 Å². The minimum Gasteiger partial charge on any atom is -0.379 e. The summed E-state index contributed by atoms with van der Waals surface area (Å²) in [5, 5.41) is 0.629. The van der Waals surface area contributed by atoms with Gasteiger partial charge >= 0.3 is 0 Å². The number of ether oxygens (including phenoxy) is 1. The van der Waals surface area contributed by atoms with Crippen molar-refractivity contribution in [2.75, 3.05) is 19.0 Å². The van der Waals surface area contributed by atoms with Gasteiger partial charge in [0.1, 0.15) is 5.82 Å². The molecule has 1 aliphatic heterocycles. The first kappa shape index (κ1) is 12.2. The van der Waals surface area contributed by atoms with E-state index >= 15 is 0 Å². The number of hydrogen-bond acceptors (Lipinski definition) is 2. The predicted molar refractivity (Wildman–Crippen MR) is 67.1 cm³/mol. The van der Waals surface area contributed by atoms with Crippen LogP contribution < -0.4 is 0 Å². The summed E-state index contributed by atoms with van der Waals surface area (Å²) in [6.07, 6.45) is 0.859. The number of benzene rings is 1. The molecule has 0 aliphatic carbocycles. The zero-order chi connectivity index (χ0) is 11.8. The Labute approximate surface area is 105 Å². The summed E-state index contributed by atoms with van der Waals surface area (Å²) in [5.41, 5.74) is 1.31. The molecule has 0 aromatic heterocycles. The fraction of sp³-hybridized carbons (Fsp3) is 0.500. The summed E-state index contributed by atoms with van der Waals surface area (Å²) in [5.74, 6) is 0.541. The van der Waals surface area contributed by atoms with E-state index in [1.165, 1.54) is 0 Å². The van der Waals surface area contributed by atoms with Crippen molar-refractivity contribution in [3.63, 3.8) is 0 Å². The average molecular weight is 261 g/mol. The summed E-state index contributed by atoms with van der Waals surface area (Å²) < 4.78 is 18.8. The molecule has 1 aromatic carbocycles. The minimum atomic E-state index is -0.204. The van der Waals surface area contributed by atoms with E-state index in [2.05, 4.69) is 12.6 Å².